The number of amides is 1. The van der Waals surface area contributed by atoms with Gasteiger partial charge < -0.3 is 9.88 Å². The number of hydrogen-bond acceptors (Lipinski definition) is 2. The van der Waals surface area contributed by atoms with Crippen LogP contribution in [0.15, 0.2) is 83.7 Å². The molecule has 4 heteroatoms. The lowest BCUT2D eigenvalue weighted by Crippen LogP contribution is -2.40. The normalized spacial score (nSPS) is 15.4. The molecule has 0 spiro atoms. The average Bonchev–Trinajstić information content (AvgIpc) is 3.31. The van der Waals surface area contributed by atoms with E-state index < -0.39 is 0 Å². The van der Waals surface area contributed by atoms with E-state index in [0.717, 1.165) is 23.9 Å². The molecule has 1 aromatic heterocycles. The standard InChI is InChI=1S/C27H26N2O2/c30-25(28-19-27(16-8-9-17-27)20-10-2-1-3-11-20)18-29-23-14-6-4-12-21(23)26(31)22-13-5-7-15-24(22)29/h1-7,10-15H,8-9,16-19H2,(H,28,30). The van der Waals surface area contributed by atoms with Crippen molar-refractivity contribution in [3.05, 3.63) is 94.6 Å². The summed E-state index contributed by atoms with van der Waals surface area (Å²) in [7, 11) is 0. The van der Waals surface area contributed by atoms with Gasteiger partial charge in [-0.15, -0.1) is 0 Å². The number of para-hydroxylation sites is 2. The summed E-state index contributed by atoms with van der Waals surface area (Å²) in [6.07, 6.45) is 4.59. The number of carbonyl (C=O) groups excluding carboxylic acids is 1. The lowest BCUT2D eigenvalue weighted by molar-refractivity contribution is -0.121. The molecule has 0 radical (unpaired) electrons. The zero-order chi connectivity index (χ0) is 21.3. The Morgan fingerprint density at radius 2 is 1.35 bits per heavy atom. The van der Waals surface area contributed by atoms with Crippen molar-refractivity contribution in [2.75, 3.05) is 6.54 Å². The Balaban J connectivity index is 1.46. The van der Waals surface area contributed by atoms with Gasteiger partial charge >= 0.3 is 0 Å². The molecule has 31 heavy (non-hydrogen) atoms. The van der Waals surface area contributed by atoms with E-state index >= 15 is 0 Å². The Labute approximate surface area is 181 Å². The van der Waals surface area contributed by atoms with Crippen LogP contribution in [0.3, 0.4) is 0 Å². The summed E-state index contributed by atoms with van der Waals surface area (Å²) in [5.74, 6) is -0.0267. The Hall–Kier alpha value is -3.40. The molecule has 5 rings (SSSR count). The Bertz CT molecular complexity index is 1240. The first-order valence-electron chi connectivity index (χ1n) is 11.0. The van der Waals surface area contributed by atoms with E-state index in [-0.39, 0.29) is 23.3 Å². The zero-order valence-electron chi connectivity index (χ0n) is 17.5. The second-order valence-corrected chi connectivity index (χ2v) is 8.58. The van der Waals surface area contributed by atoms with Crippen molar-refractivity contribution in [1.29, 1.82) is 0 Å². The van der Waals surface area contributed by atoms with Crippen molar-refractivity contribution >= 4 is 27.7 Å². The Morgan fingerprint density at radius 3 is 1.97 bits per heavy atom. The van der Waals surface area contributed by atoms with Gasteiger partial charge in [-0.3, -0.25) is 9.59 Å². The molecule has 1 amide bonds. The van der Waals surface area contributed by atoms with Gasteiger partial charge in [0.1, 0.15) is 6.54 Å². The predicted octanol–water partition coefficient (Wildman–Crippen LogP) is 4.78. The van der Waals surface area contributed by atoms with Crippen molar-refractivity contribution in [1.82, 2.24) is 9.88 Å². The molecule has 4 nitrogen and oxygen atoms in total. The van der Waals surface area contributed by atoms with Crippen LogP contribution in [0.1, 0.15) is 31.2 Å². The predicted molar refractivity (Wildman–Crippen MR) is 125 cm³/mol. The van der Waals surface area contributed by atoms with Crippen LogP contribution < -0.4 is 10.7 Å². The highest BCUT2D eigenvalue weighted by molar-refractivity contribution is 5.94. The minimum atomic E-state index is -0.0267. The maximum Gasteiger partial charge on any atom is 0.239 e. The summed E-state index contributed by atoms with van der Waals surface area (Å²) in [6, 6.07) is 25.6. The average molecular weight is 411 g/mol. The van der Waals surface area contributed by atoms with Crippen molar-refractivity contribution in [2.45, 2.75) is 37.6 Å². The van der Waals surface area contributed by atoms with Crippen molar-refractivity contribution in [2.24, 2.45) is 0 Å². The highest BCUT2D eigenvalue weighted by Crippen LogP contribution is 2.40. The lowest BCUT2D eigenvalue weighted by atomic mass is 9.79. The first-order valence-corrected chi connectivity index (χ1v) is 11.0. The highest BCUT2D eigenvalue weighted by Gasteiger charge is 2.35. The minimum Gasteiger partial charge on any atom is -0.354 e. The van der Waals surface area contributed by atoms with E-state index in [0.29, 0.717) is 17.3 Å². The van der Waals surface area contributed by atoms with Gasteiger partial charge in [-0.25, -0.2) is 0 Å². The van der Waals surface area contributed by atoms with Crippen LogP contribution in [0.25, 0.3) is 21.8 Å². The third kappa shape index (κ3) is 3.52. The molecule has 1 aliphatic carbocycles. The van der Waals surface area contributed by atoms with Gasteiger partial charge in [0.25, 0.3) is 0 Å². The van der Waals surface area contributed by atoms with Crippen molar-refractivity contribution in [3.8, 4) is 0 Å². The van der Waals surface area contributed by atoms with Gasteiger partial charge in [-0.2, -0.15) is 0 Å². The molecule has 0 atom stereocenters. The first-order chi connectivity index (χ1) is 15.2. The monoisotopic (exact) mass is 410 g/mol. The summed E-state index contributed by atoms with van der Waals surface area (Å²) < 4.78 is 1.96. The summed E-state index contributed by atoms with van der Waals surface area (Å²) >= 11 is 0. The third-order valence-corrected chi connectivity index (χ3v) is 6.75. The molecule has 4 aromatic rings. The molecular weight excluding hydrogens is 384 g/mol. The van der Waals surface area contributed by atoms with Crippen LogP contribution in [-0.4, -0.2) is 17.0 Å². The molecule has 0 bridgehead atoms. The lowest BCUT2D eigenvalue weighted by Gasteiger charge is -2.30. The molecule has 1 aliphatic rings. The quantitative estimate of drug-likeness (QED) is 0.481. The van der Waals surface area contributed by atoms with E-state index in [4.69, 9.17) is 0 Å². The molecule has 1 saturated carbocycles. The van der Waals surface area contributed by atoms with Gasteiger partial charge in [0.2, 0.25) is 5.91 Å². The van der Waals surface area contributed by atoms with Gasteiger partial charge in [0.15, 0.2) is 5.43 Å². The molecule has 156 valence electrons. The topological polar surface area (TPSA) is 51.1 Å². The molecule has 0 unspecified atom stereocenters. The number of pyridine rings is 1. The fourth-order valence-electron chi connectivity index (χ4n) is 5.13. The number of nitrogens with zero attached hydrogens (tertiary/aromatic N) is 1. The van der Waals surface area contributed by atoms with Gasteiger partial charge in [0, 0.05) is 22.7 Å². The van der Waals surface area contributed by atoms with Crippen molar-refractivity contribution < 1.29 is 4.79 Å². The zero-order valence-corrected chi connectivity index (χ0v) is 17.5. The number of rotatable bonds is 5. The number of benzene rings is 3. The second kappa shape index (κ2) is 8.03. The van der Waals surface area contributed by atoms with Gasteiger partial charge in [-0.05, 0) is 42.7 Å². The van der Waals surface area contributed by atoms with E-state index in [1.807, 2.05) is 59.2 Å². The van der Waals surface area contributed by atoms with E-state index in [1.54, 1.807) is 0 Å². The Morgan fingerprint density at radius 1 is 0.806 bits per heavy atom. The maximum atomic E-state index is 13.1. The molecule has 1 N–H and O–H groups in total. The number of hydrogen-bond donors (Lipinski definition) is 1. The first kappa shape index (κ1) is 19.6. The van der Waals surface area contributed by atoms with Crippen LogP contribution in [-0.2, 0) is 16.8 Å². The van der Waals surface area contributed by atoms with Gasteiger partial charge in [-0.1, -0.05) is 67.4 Å². The van der Waals surface area contributed by atoms with Crippen LogP contribution in [0.2, 0.25) is 0 Å². The number of nitrogens with one attached hydrogen (secondary N) is 1. The van der Waals surface area contributed by atoms with Crippen LogP contribution >= 0.6 is 0 Å². The van der Waals surface area contributed by atoms with Crippen LogP contribution in [0.4, 0.5) is 0 Å². The summed E-state index contributed by atoms with van der Waals surface area (Å²) in [4.78, 5) is 26.0. The molecule has 0 aliphatic heterocycles. The largest absolute Gasteiger partial charge is 0.354 e. The minimum absolute atomic E-state index is 0.0110. The second-order valence-electron chi connectivity index (χ2n) is 8.58. The number of carbonyl (C=O) groups is 1. The summed E-state index contributed by atoms with van der Waals surface area (Å²) in [6.45, 7) is 0.831. The van der Waals surface area contributed by atoms with Gasteiger partial charge in [0.05, 0.1) is 11.0 Å². The molecule has 0 saturated heterocycles. The van der Waals surface area contributed by atoms with E-state index in [1.165, 1.54) is 18.4 Å². The Kier molecular flexibility index (Phi) is 5.06. The molecule has 1 heterocycles. The molecule has 3 aromatic carbocycles. The summed E-state index contributed by atoms with van der Waals surface area (Å²) in [5, 5.41) is 4.51. The van der Waals surface area contributed by atoms with E-state index in [2.05, 4.69) is 29.6 Å². The van der Waals surface area contributed by atoms with Crippen LogP contribution in [0, 0.1) is 0 Å². The summed E-state index contributed by atoms with van der Waals surface area (Å²) in [5.41, 5.74) is 2.92. The van der Waals surface area contributed by atoms with Crippen LogP contribution in [0.5, 0.6) is 0 Å². The number of fused-ring (bicyclic) bond motifs is 2. The van der Waals surface area contributed by atoms with Crippen molar-refractivity contribution in [3.63, 3.8) is 0 Å². The fourth-order valence-corrected chi connectivity index (χ4v) is 5.13. The number of aromatic nitrogens is 1. The third-order valence-electron chi connectivity index (χ3n) is 6.75. The smallest absolute Gasteiger partial charge is 0.239 e. The van der Waals surface area contributed by atoms with E-state index in [9.17, 15) is 9.59 Å². The fraction of sp³-hybridized carbons (Fsp3) is 0.259. The molecular formula is C27H26N2O2. The highest BCUT2D eigenvalue weighted by atomic mass is 16.2. The maximum absolute atomic E-state index is 13.1. The SMILES string of the molecule is O=C(Cn1c2ccccc2c(=O)c2ccccc21)NCC1(c2ccccc2)CCCC1. The molecule has 1 fully saturated rings.